The van der Waals surface area contributed by atoms with E-state index in [1.807, 2.05) is 37.3 Å². The topological polar surface area (TPSA) is 12.0 Å². The van der Waals surface area contributed by atoms with Gasteiger partial charge in [0.1, 0.15) is 11.6 Å². The van der Waals surface area contributed by atoms with Crippen LogP contribution in [-0.2, 0) is 0 Å². The van der Waals surface area contributed by atoms with Gasteiger partial charge >= 0.3 is 0 Å². The lowest BCUT2D eigenvalue weighted by atomic mass is 10.0. The Kier molecular flexibility index (Phi) is 4.27. The quantitative estimate of drug-likeness (QED) is 0.861. The summed E-state index contributed by atoms with van der Waals surface area (Å²) in [7, 11) is 0. The monoisotopic (exact) mass is 261 g/mol. The summed E-state index contributed by atoms with van der Waals surface area (Å²) < 4.78 is 27.3. The van der Waals surface area contributed by atoms with Gasteiger partial charge in [-0.3, -0.25) is 0 Å². The van der Waals surface area contributed by atoms with Gasteiger partial charge in [0.15, 0.2) is 0 Å². The highest BCUT2D eigenvalue weighted by Crippen LogP contribution is 2.23. The molecule has 1 N–H and O–H groups in total. The molecule has 2 rings (SSSR count). The summed E-state index contributed by atoms with van der Waals surface area (Å²) in [6, 6.07) is 13.4. The SMILES string of the molecule is CC(NC(C)c1c(F)cccc1F)c1ccccc1. The largest absolute Gasteiger partial charge is 0.303 e. The third kappa shape index (κ3) is 3.18. The number of halogens is 2. The molecule has 0 aliphatic rings. The lowest BCUT2D eigenvalue weighted by molar-refractivity contribution is 0.450. The molecule has 0 aliphatic carbocycles. The Labute approximate surface area is 112 Å². The zero-order valence-electron chi connectivity index (χ0n) is 11.0. The lowest BCUT2D eigenvalue weighted by Gasteiger charge is -2.21. The Balaban J connectivity index is 2.15. The summed E-state index contributed by atoms with van der Waals surface area (Å²) in [6.45, 7) is 3.74. The lowest BCUT2D eigenvalue weighted by Crippen LogP contribution is -2.24. The molecule has 0 radical (unpaired) electrons. The minimum atomic E-state index is -0.514. The molecule has 19 heavy (non-hydrogen) atoms. The molecule has 0 bridgehead atoms. The van der Waals surface area contributed by atoms with Gasteiger partial charge in [0.25, 0.3) is 0 Å². The fraction of sp³-hybridized carbons (Fsp3) is 0.250. The van der Waals surface area contributed by atoms with Gasteiger partial charge in [0.2, 0.25) is 0 Å². The number of rotatable bonds is 4. The molecule has 2 aromatic rings. The van der Waals surface area contributed by atoms with Gasteiger partial charge < -0.3 is 5.32 Å². The van der Waals surface area contributed by atoms with Crippen LogP contribution in [-0.4, -0.2) is 0 Å². The highest BCUT2D eigenvalue weighted by molar-refractivity contribution is 5.24. The van der Waals surface area contributed by atoms with Gasteiger partial charge in [-0.15, -0.1) is 0 Å². The second-order valence-electron chi connectivity index (χ2n) is 4.66. The number of hydrogen-bond donors (Lipinski definition) is 1. The van der Waals surface area contributed by atoms with Crippen LogP contribution >= 0.6 is 0 Å². The van der Waals surface area contributed by atoms with Crippen LogP contribution in [0.4, 0.5) is 8.78 Å². The first-order valence-corrected chi connectivity index (χ1v) is 6.34. The third-order valence-electron chi connectivity index (χ3n) is 3.23. The summed E-state index contributed by atoms with van der Waals surface area (Å²) >= 11 is 0. The van der Waals surface area contributed by atoms with Crippen LogP contribution in [0.5, 0.6) is 0 Å². The molecule has 0 spiro atoms. The van der Waals surface area contributed by atoms with Crippen molar-refractivity contribution in [1.82, 2.24) is 5.32 Å². The Morgan fingerprint density at radius 3 is 1.95 bits per heavy atom. The molecular formula is C16H17F2N. The normalized spacial score (nSPS) is 14.1. The van der Waals surface area contributed by atoms with E-state index in [1.165, 1.54) is 18.2 Å². The average molecular weight is 261 g/mol. The first-order valence-electron chi connectivity index (χ1n) is 6.34. The van der Waals surface area contributed by atoms with Gasteiger partial charge in [-0.05, 0) is 31.5 Å². The van der Waals surface area contributed by atoms with Crippen molar-refractivity contribution in [3.05, 3.63) is 71.3 Å². The minimum absolute atomic E-state index is 0.0233. The van der Waals surface area contributed by atoms with Crippen LogP contribution in [0.3, 0.4) is 0 Å². The maximum absolute atomic E-state index is 13.7. The summed E-state index contributed by atoms with van der Waals surface area (Å²) in [5.74, 6) is -1.03. The standard InChI is InChI=1S/C16H17F2N/c1-11(13-7-4-3-5-8-13)19-12(2)16-14(17)9-6-10-15(16)18/h3-12,19H,1-2H3. The van der Waals surface area contributed by atoms with Gasteiger partial charge in [-0.2, -0.15) is 0 Å². The maximum Gasteiger partial charge on any atom is 0.130 e. The molecule has 3 heteroatoms. The van der Waals surface area contributed by atoms with Gasteiger partial charge in [0.05, 0.1) is 0 Å². The Morgan fingerprint density at radius 1 is 0.789 bits per heavy atom. The maximum atomic E-state index is 13.7. The Hall–Kier alpha value is -1.74. The molecule has 0 heterocycles. The fourth-order valence-corrected chi connectivity index (χ4v) is 2.22. The summed E-state index contributed by atoms with van der Waals surface area (Å²) in [4.78, 5) is 0. The summed E-state index contributed by atoms with van der Waals surface area (Å²) in [5.41, 5.74) is 1.18. The van der Waals surface area contributed by atoms with E-state index in [0.717, 1.165) is 5.56 Å². The van der Waals surface area contributed by atoms with Crippen LogP contribution < -0.4 is 5.32 Å². The number of nitrogens with one attached hydrogen (secondary N) is 1. The Bertz CT molecular complexity index is 519. The van der Waals surface area contributed by atoms with Crippen LogP contribution in [0, 0.1) is 11.6 Å². The van der Waals surface area contributed by atoms with Crippen molar-refractivity contribution < 1.29 is 8.78 Å². The molecule has 0 aliphatic heterocycles. The first kappa shape index (κ1) is 13.7. The van der Waals surface area contributed by atoms with E-state index in [9.17, 15) is 8.78 Å². The second kappa shape index (κ2) is 5.93. The highest BCUT2D eigenvalue weighted by atomic mass is 19.1. The zero-order chi connectivity index (χ0) is 13.8. The van der Waals surface area contributed by atoms with Crippen molar-refractivity contribution in [2.75, 3.05) is 0 Å². The molecule has 0 saturated heterocycles. The van der Waals surface area contributed by atoms with Crippen LogP contribution in [0.15, 0.2) is 48.5 Å². The van der Waals surface area contributed by atoms with E-state index >= 15 is 0 Å². The predicted molar refractivity (Wildman–Crippen MR) is 72.8 cm³/mol. The minimum Gasteiger partial charge on any atom is -0.303 e. The van der Waals surface area contributed by atoms with Crippen molar-refractivity contribution in [2.45, 2.75) is 25.9 Å². The van der Waals surface area contributed by atoms with Crippen LogP contribution in [0.2, 0.25) is 0 Å². The van der Waals surface area contributed by atoms with Crippen LogP contribution in [0.25, 0.3) is 0 Å². The molecule has 0 amide bonds. The van der Waals surface area contributed by atoms with Crippen molar-refractivity contribution in [3.8, 4) is 0 Å². The molecule has 2 aromatic carbocycles. The Morgan fingerprint density at radius 2 is 1.37 bits per heavy atom. The fourth-order valence-electron chi connectivity index (χ4n) is 2.22. The van der Waals surface area contributed by atoms with E-state index in [0.29, 0.717) is 0 Å². The van der Waals surface area contributed by atoms with Crippen molar-refractivity contribution in [3.63, 3.8) is 0 Å². The van der Waals surface area contributed by atoms with Crippen molar-refractivity contribution >= 4 is 0 Å². The van der Waals surface area contributed by atoms with Gasteiger partial charge in [0, 0.05) is 17.6 Å². The summed E-state index contributed by atoms with van der Waals surface area (Å²) in [6.07, 6.45) is 0. The number of benzene rings is 2. The van der Waals surface area contributed by atoms with Crippen molar-refractivity contribution in [1.29, 1.82) is 0 Å². The molecule has 0 saturated carbocycles. The average Bonchev–Trinajstić information content (AvgIpc) is 2.39. The van der Waals surface area contributed by atoms with Gasteiger partial charge in [-0.1, -0.05) is 36.4 Å². The van der Waals surface area contributed by atoms with E-state index < -0.39 is 17.7 Å². The van der Waals surface area contributed by atoms with E-state index in [4.69, 9.17) is 0 Å². The first-order chi connectivity index (χ1) is 9.09. The molecule has 1 nitrogen and oxygen atoms in total. The number of hydrogen-bond acceptors (Lipinski definition) is 1. The molecule has 0 aromatic heterocycles. The zero-order valence-corrected chi connectivity index (χ0v) is 11.0. The van der Waals surface area contributed by atoms with Crippen molar-refractivity contribution in [2.24, 2.45) is 0 Å². The molecule has 0 fully saturated rings. The molecule has 2 atom stereocenters. The highest BCUT2D eigenvalue weighted by Gasteiger charge is 2.17. The van der Waals surface area contributed by atoms with E-state index in [2.05, 4.69) is 5.32 Å². The third-order valence-corrected chi connectivity index (χ3v) is 3.23. The second-order valence-corrected chi connectivity index (χ2v) is 4.66. The van der Waals surface area contributed by atoms with E-state index in [1.54, 1.807) is 6.92 Å². The van der Waals surface area contributed by atoms with E-state index in [-0.39, 0.29) is 11.6 Å². The molecular weight excluding hydrogens is 244 g/mol. The summed E-state index contributed by atoms with van der Waals surface area (Å²) in [5, 5.41) is 3.21. The van der Waals surface area contributed by atoms with Gasteiger partial charge in [-0.25, -0.2) is 8.78 Å². The molecule has 2 unspecified atom stereocenters. The molecule has 100 valence electrons. The smallest absolute Gasteiger partial charge is 0.130 e. The predicted octanol–water partition coefficient (Wildman–Crippen LogP) is 4.38. The van der Waals surface area contributed by atoms with Crippen LogP contribution in [0.1, 0.15) is 37.1 Å².